The first-order chi connectivity index (χ1) is 8.79. The molecular weight excluding hydrogens is 242 g/mol. The van der Waals surface area contributed by atoms with E-state index in [1.807, 2.05) is 49.5 Å². The zero-order valence-electron chi connectivity index (χ0n) is 10.1. The third-order valence-electron chi connectivity index (χ3n) is 2.58. The minimum atomic E-state index is 0.527. The molecule has 2 nitrogen and oxygen atoms in total. The van der Waals surface area contributed by atoms with Gasteiger partial charge in [-0.2, -0.15) is 0 Å². The van der Waals surface area contributed by atoms with Crippen molar-refractivity contribution in [2.75, 3.05) is 0 Å². The van der Waals surface area contributed by atoms with Gasteiger partial charge in [0.05, 0.1) is 0 Å². The summed E-state index contributed by atoms with van der Waals surface area (Å²) >= 11 is 0.527. The van der Waals surface area contributed by atoms with Crippen LogP contribution in [0.3, 0.4) is 0 Å². The van der Waals surface area contributed by atoms with Crippen molar-refractivity contribution in [3.05, 3.63) is 66.4 Å². The van der Waals surface area contributed by atoms with Crippen LogP contribution in [-0.2, 0) is 15.9 Å². The summed E-state index contributed by atoms with van der Waals surface area (Å²) in [6, 6.07) is 17.8. The number of benzene rings is 2. The van der Waals surface area contributed by atoms with E-state index in [0.29, 0.717) is 11.7 Å². The second kappa shape index (κ2) is 6.07. The predicted octanol–water partition coefficient (Wildman–Crippen LogP) is 3.95. The van der Waals surface area contributed by atoms with E-state index < -0.39 is 0 Å². The van der Waals surface area contributed by atoms with Crippen molar-refractivity contribution < 1.29 is 4.21 Å². The van der Waals surface area contributed by atoms with Gasteiger partial charge in [-0.3, -0.25) is 0 Å². The number of aromatic amines is 1. The van der Waals surface area contributed by atoms with Crippen molar-refractivity contribution in [1.29, 1.82) is 0 Å². The molecule has 0 radical (unpaired) electrons. The SMILES string of the molecule is Cc1ccc([S+]=O)cc1.c1ccc2[nH]ccc2c1. The number of H-pyrrole nitrogens is 1. The third kappa shape index (κ3) is 3.25. The summed E-state index contributed by atoms with van der Waals surface area (Å²) in [7, 11) is 0. The third-order valence-corrected chi connectivity index (χ3v) is 3.04. The van der Waals surface area contributed by atoms with Crippen molar-refractivity contribution in [2.45, 2.75) is 11.8 Å². The van der Waals surface area contributed by atoms with E-state index in [4.69, 9.17) is 0 Å². The van der Waals surface area contributed by atoms with E-state index in [9.17, 15) is 4.21 Å². The molecule has 3 aromatic rings. The Morgan fingerprint density at radius 2 is 1.67 bits per heavy atom. The highest BCUT2D eigenvalue weighted by Crippen LogP contribution is 2.09. The number of nitrogens with one attached hydrogen (secondary N) is 1. The maximum Gasteiger partial charge on any atom is 0.505 e. The van der Waals surface area contributed by atoms with Gasteiger partial charge in [0.2, 0.25) is 0 Å². The molecule has 0 aliphatic carbocycles. The highest BCUT2D eigenvalue weighted by atomic mass is 32.1. The van der Waals surface area contributed by atoms with Crippen LogP contribution in [-0.4, -0.2) is 4.98 Å². The van der Waals surface area contributed by atoms with Crippen LogP contribution in [0.25, 0.3) is 10.9 Å². The molecule has 0 atom stereocenters. The zero-order valence-corrected chi connectivity index (χ0v) is 10.9. The first-order valence-corrected chi connectivity index (χ1v) is 6.42. The lowest BCUT2D eigenvalue weighted by atomic mass is 10.2. The molecule has 2 aromatic carbocycles. The van der Waals surface area contributed by atoms with Gasteiger partial charge in [0.1, 0.15) is 0 Å². The van der Waals surface area contributed by atoms with Gasteiger partial charge in [-0.25, -0.2) is 0 Å². The lowest BCUT2D eigenvalue weighted by Gasteiger charge is -1.83. The Kier molecular flexibility index (Phi) is 4.20. The van der Waals surface area contributed by atoms with E-state index in [0.717, 1.165) is 4.90 Å². The van der Waals surface area contributed by atoms with Gasteiger partial charge in [-0.05, 0) is 24.4 Å². The fraction of sp³-hybridized carbons (Fsp3) is 0.0667. The predicted molar refractivity (Wildman–Crippen MR) is 75.8 cm³/mol. The Morgan fingerprint density at radius 3 is 2.33 bits per heavy atom. The molecule has 0 spiro atoms. The van der Waals surface area contributed by atoms with Crippen molar-refractivity contribution in [1.82, 2.24) is 4.98 Å². The van der Waals surface area contributed by atoms with Crippen LogP contribution in [0, 0.1) is 6.92 Å². The van der Waals surface area contributed by atoms with Crippen LogP contribution in [0.5, 0.6) is 0 Å². The van der Waals surface area contributed by atoms with Crippen LogP contribution in [0.4, 0.5) is 0 Å². The van der Waals surface area contributed by atoms with Gasteiger partial charge in [-0.1, -0.05) is 35.9 Å². The fourth-order valence-corrected chi connectivity index (χ4v) is 1.84. The molecule has 0 aliphatic heterocycles. The average Bonchev–Trinajstić information content (AvgIpc) is 2.89. The normalized spacial score (nSPS) is 9.61. The van der Waals surface area contributed by atoms with Crippen molar-refractivity contribution in [3.63, 3.8) is 0 Å². The monoisotopic (exact) mass is 256 g/mol. The lowest BCUT2D eigenvalue weighted by molar-refractivity contribution is 0.605. The Labute approximate surface area is 110 Å². The molecule has 0 bridgehead atoms. The number of aromatic nitrogens is 1. The van der Waals surface area contributed by atoms with Gasteiger partial charge >= 0.3 is 11.7 Å². The van der Waals surface area contributed by atoms with E-state index >= 15 is 0 Å². The van der Waals surface area contributed by atoms with Crippen molar-refractivity contribution in [3.8, 4) is 0 Å². The lowest BCUT2D eigenvalue weighted by Crippen LogP contribution is -1.72. The van der Waals surface area contributed by atoms with Crippen LogP contribution >= 0.6 is 0 Å². The quantitative estimate of drug-likeness (QED) is 0.657. The number of hydrogen-bond donors (Lipinski definition) is 1. The summed E-state index contributed by atoms with van der Waals surface area (Å²) in [5.74, 6) is 0. The Morgan fingerprint density at radius 1 is 0.944 bits per heavy atom. The maximum atomic E-state index is 10.2. The summed E-state index contributed by atoms with van der Waals surface area (Å²) < 4.78 is 10.2. The number of hydrogen-bond acceptors (Lipinski definition) is 1. The summed E-state index contributed by atoms with van der Waals surface area (Å²) in [5.41, 5.74) is 2.39. The molecule has 1 heterocycles. The smallest absolute Gasteiger partial charge is 0.361 e. The summed E-state index contributed by atoms with van der Waals surface area (Å²) in [6.45, 7) is 2.00. The van der Waals surface area contributed by atoms with Crippen LogP contribution in [0.2, 0.25) is 0 Å². The van der Waals surface area contributed by atoms with Crippen LogP contribution < -0.4 is 0 Å². The van der Waals surface area contributed by atoms with Gasteiger partial charge < -0.3 is 4.98 Å². The average molecular weight is 256 g/mol. The molecule has 0 saturated heterocycles. The second-order valence-corrected chi connectivity index (χ2v) is 4.60. The first-order valence-electron chi connectivity index (χ1n) is 5.68. The Balaban J connectivity index is 0.000000134. The number of aryl methyl sites for hydroxylation is 1. The number of para-hydroxylation sites is 1. The molecular formula is C15H14NOS+. The van der Waals surface area contributed by atoms with E-state index in [2.05, 4.69) is 23.2 Å². The van der Waals surface area contributed by atoms with E-state index in [1.165, 1.54) is 16.5 Å². The second-order valence-electron chi connectivity index (χ2n) is 3.96. The molecule has 0 amide bonds. The van der Waals surface area contributed by atoms with Crippen molar-refractivity contribution in [2.24, 2.45) is 0 Å². The molecule has 0 saturated carbocycles. The van der Waals surface area contributed by atoms with Gasteiger partial charge in [0, 0.05) is 28.1 Å². The fourth-order valence-electron chi connectivity index (χ4n) is 1.59. The van der Waals surface area contributed by atoms with Gasteiger partial charge in [-0.15, -0.1) is 0 Å². The Hall–Kier alpha value is -2.00. The molecule has 90 valence electrons. The largest absolute Gasteiger partial charge is 0.505 e. The van der Waals surface area contributed by atoms with Gasteiger partial charge in [0.25, 0.3) is 4.90 Å². The maximum absolute atomic E-state index is 10.2. The molecule has 0 fully saturated rings. The summed E-state index contributed by atoms with van der Waals surface area (Å²) in [5, 5.41) is 1.28. The van der Waals surface area contributed by atoms with Gasteiger partial charge in [0.15, 0.2) is 0 Å². The molecule has 3 heteroatoms. The highest BCUT2D eigenvalue weighted by Gasteiger charge is 2.01. The minimum Gasteiger partial charge on any atom is -0.361 e. The van der Waals surface area contributed by atoms with Crippen LogP contribution in [0.1, 0.15) is 5.56 Å². The topological polar surface area (TPSA) is 32.9 Å². The number of fused-ring (bicyclic) bond motifs is 1. The molecule has 0 unspecified atom stereocenters. The van der Waals surface area contributed by atoms with E-state index in [1.54, 1.807) is 0 Å². The molecule has 18 heavy (non-hydrogen) atoms. The zero-order chi connectivity index (χ0) is 12.8. The standard InChI is InChI=1S/C8H7N.C7H7OS/c1-2-4-8-7(3-1)5-6-9-8;1-6-2-4-7(9-8)5-3-6/h1-6,9H;2-5H,1H3/q;+1. The molecule has 1 aromatic heterocycles. The molecule has 3 rings (SSSR count). The van der Waals surface area contributed by atoms with Crippen molar-refractivity contribution >= 4 is 22.6 Å². The highest BCUT2D eigenvalue weighted by molar-refractivity contribution is 7.65. The molecule has 0 aliphatic rings. The summed E-state index contributed by atoms with van der Waals surface area (Å²) in [6.07, 6.45) is 1.95. The summed E-state index contributed by atoms with van der Waals surface area (Å²) in [4.78, 5) is 3.90. The number of rotatable bonds is 1. The molecule has 1 N–H and O–H groups in total. The minimum absolute atomic E-state index is 0.527. The first kappa shape index (κ1) is 12.5. The van der Waals surface area contributed by atoms with Crippen LogP contribution in [0.15, 0.2) is 65.7 Å². The Bertz CT molecular complexity index is 598. The van der Waals surface area contributed by atoms with E-state index in [-0.39, 0.29) is 0 Å².